The molecular weight excluding hydrogens is 871 g/mol. The number of pyridine rings is 7. The molecule has 1 aliphatic heterocycles. The Morgan fingerprint density at radius 3 is 1.30 bits per heavy atom. The van der Waals surface area contributed by atoms with Gasteiger partial charge in [-0.3, -0.25) is 34.9 Å². The quantitative estimate of drug-likeness (QED) is 0.147. The van der Waals surface area contributed by atoms with Crippen LogP contribution in [0.1, 0.15) is 72.5 Å². The third-order valence-electron chi connectivity index (χ3n) is 15.6. The molecule has 0 amide bonds. The molecule has 9 nitrogen and oxygen atoms in total. The first-order valence-electron chi connectivity index (χ1n) is 23.8. The molecule has 7 aromatic heterocycles. The van der Waals surface area contributed by atoms with E-state index >= 15 is 0 Å². The Hall–Kier alpha value is -9.17. The second-order valence-corrected chi connectivity index (χ2v) is 19.0. The minimum atomic E-state index is -0.909. The van der Waals surface area contributed by atoms with Crippen LogP contribution in [0.4, 0.5) is 0 Å². The lowest BCUT2D eigenvalue weighted by Gasteiger charge is -2.37. The van der Waals surface area contributed by atoms with E-state index in [9.17, 15) is 0 Å². The average Bonchev–Trinajstić information content (AvgIpc) is 4.17. The first kappa shape index (κ1) is 40.9. The lowest BCUT2D eigenvalue weighted by Crippen LogP contribution is -2.38. The van der Waals surface area contributed by atoms with Gasteiger partial charge in [-0.1, -0.05) is 69.8 Å². The van der Waals surface area contributed by atoms with Gasteiger partial charge in [-0.2, -0.15) is 0 Å². The summed E-state index contributed by atoms with van der Waals surface area (Å²) in [4.78, 5) is 34.4. The van der Waals surface area contributed by atoms with Crippen molar-refractivity contribution in [1.82, 2.24) is 34.9 Å². The van der Waals surface area contributed by atoms with Crippen LogP contribution in [0.15, 0.2) is 208 Å². The number of nitrogens with zero attached hydrogens (tertiary/aromatic N) is 9. The van der Waals surface area contributed by atoms with Gasteiger partial charge in [0.1, 0.15) is 0 Å². The molecule has 334 valence electrons. The molecule has 0 saturated heterocycles. The zero-order valence-electron chi connectivity index (χ0n) is 39.2. The molecule has 14 rings (SSSR count). The second-order valence-electron chi connectivity index (χ2n) is 19.0. The fourth-order valence-electron chi connectivity index (χ4n) is 12.8. The summed E-state index contributed by atoms with van der Waals surface area (Å²) in [6, 6.07) is 45.6. The Bertz CT molecular complexity index is 3860. The largest absolute Gasteiger partial charge is 0.490 e. The summed E-state index contributed by atoms with van der Waals surface area (Å²) in [6.07, 6.45) is 29.6. The number of aromatic nitrogens is 7. The van der Waals surface area contributed by atoms with Crippen LogP contribution < -0.4 is 0 Å². The highest BCUT2D eigenvalue weighted by molar-refractivity contribution is 5.89. The normalized spacial score (nSPS) is 15.5. The van der Waals surface area contributed by atoms with E-state index in [1.54, 1.807) is 0 Å². The number of rotatable bonds is 7. The van der Waals surface area contributed by atoms with E-state index in [1.165, 1.54) is 16.7 Å². The molecule has 0 radical (unpaired) electrons. The predicted octanol–water partition coefficient (Wildman–Crippen LogP) is 11.0. The Morgan fingerprint density at radius 1 is 0.408 bits per heavy atom. The molecule has 0 fully saturated rings. The van der Waals surface area contributed by atoms with E-state index in [0.29, 0.717) is 0 Å². The van der Waals surface area contributed by atoms with Crippen LogP contribution in [0, 0.1) is 13.8 Å². The Balaban J connectivity index is 1.08. The minimum Gasteiger partial charge on any atom is -0.264 e. The van der Waals surface area contributed by atoms with E-state index in [4.69, 9.17) is 34.9 Å². The van der Waals surface area contributed by atoms with E-state index in [2.05, 4.69) is 158 Å². The molecule has 0 bridgehead atoms. The summed E-state index contributed by atoms with van der Waals surface area (Å²) >= 11 is 0. The topological polar surface area (TPSA) is 96.2 Å². The van der Waals surface area contributed by atoms with Crippen molar-refractivity contribution in [3.63, 3.8) is 0 Å². The van der Waals surface area contributed by atoms with E-state index in [0.717, 1.165) is 100 Å². The highest BCUT2D eigenvalue weighted by atomic mass is 15.2. The average molecular weight is 914 g/mol. The van der Waals surface area contributed by atoms with Gasteiger partial charge < -0.3 is 0 Å². The molecule has 9 heteroatoms. The SMILES string of the molecule is Cc1cccc(C)c1-c1ccnc(C2(c3cccc(C4(c5cccc(C6([N+]7=C=[N+](C)C=C7)c7cnccc7-c7ccncc76)c5)c5cnccc5-c5ccncc54)c3)c3cnccc3-c3ccncc32)c1. The van der Waals surface area contributed by atoms with Crippen LogP contribution in [-0.4, -0.2) is 57.1 Å². The van der Waals surface area contributed by atoms with Crippen molar-refractivity contribution in [2.75, 3.05) is 7.05 Å². The van der Waals surface area contributed by atoms with Crippen LogP contribution in [-0.2, 0) is 16.4 Å². The van der Waals surface area contributed by atoms with Gasteiger partial charge in [0.15, 0.2) is 7.05 Å². The van der Waals surface area contributed by atoms with Crippen LogP contribution in [0.25, 0.3) is 44.5 Å². The van der Waals surface area contributed by atoms with Gasteiger partial charge in [-0.25, -0.2) is 0 Å². The molecular formula is C62H43N9+2. The molecule has 3 aliphatic carbocycles. The molecule has 0 N–H and O–H groups in total. The summed E-state index contributed by atoms with van der Waals surface area (Å²) in [5.74, 6) is 0. The van der Waals surface area contributed by atoms with Gasteiger partial charge in [-0.15, -0.1) is 0 Å². The van der Waals surface area contributed by atoms with Gasteiger partial charge in [0.05, 0.1) is 27.7 Å². The maximum atomic E-state index is 5.37. The standard InChI is InChI=1S/C62H43N9/c1-39-7-4-8-40(2)59(39)41-13-26-69-58(29-41)61(54-34-65-22-16-48(54)49-17-23-66-35-55(49)61)44-11-5-9-42(30-44)60(52-32-63-20-14-46(52)47-15-21-64-33-53(47)60)43-10-6-12-45(31-43)62(71-28-27-70(3)38-71)56-36-67-24-18-50(56)51-19-25-68-37-57(51)62/h4-37H,1-3H3/q+2. The number of hydrogen-bond donors (Lipinski definition) is 0. The maximum Gasteiger partial charge on any atom is 0.490 e. The third kappa shape index (κ3) is 5.38. The van der Waals surface area contributed by atoms with Crippen molar-refractivity contribution in [1.29, 1.82) is 0 Å². The van der Waals surface area contributed by atoms with E-state index in [-0.39, 0.29) is 0 Å². The van der Waals surface area contributed by atoms with Crippen molar-refractivity contribution in [3.05, 3.63) is 281 Å². The monoisotopic (exact) mass is 913 g/mol. The van der Waals surface area contributed by atoms with Gasteiger partial charge in [0, 0.05) is 86.1 Å². The Kier molecular flexibility index (Phi) is 8.73. The molecule has 3 aromatic carbocycles. The summed E-state index contributed by atoms with van der Waals surface area (Å²) in [7, 11) is 2.01. The van der Waals surface area contributed by atoms with Crippen LogP contribution in [0.3, 0.4) is 0 Å². The highest BCUT2D eigenvalue weighted by Crippen LogP contribution is 2.60. The van der Waals surface area contributed by atoms with Crippen molar-refractivity contribution in [2.45, 2.75) is 30.2 Å². The number of fused-ring (bicyclic) bond motifs is 9. The Morgan fingerprint density at radius 2 is 0.817 bits per heavy atom. The van der Waals surface area contributed by atoms with Crippen molar-refractivity contribution in [2.24, 2.45) is 0 Å². The molecule has 71 heavy (non-hydrogen) atoms. The first-order valence-corrected chi connectivity index (χ1v) is 23.8. The second kappa shape index (κ2) is 15.2. The minimum absolute atomic E-state index is 0.866. The summed E-state index contributed by atoms with van der Waals surface area (Å²) in [6.45, 7) is 4.36. The predicted molar refractivity (Wildman–Crippen MR) is 273 cm³/mol. The summed E-state index contributed by atoms with van der Waals surface area (Å²) < 4.78 is 4.16. The van der Waals surface area contributed by atoms with Crippen LogP contribution in [0.5, 0.6) is 0 Å². The summed E-state index contributed by atoms with van der Waals surface area (Å²) in [5.41, 5.74) is 20.2. The molecule has 4 aliphatic rings. The number of hydrogen-bond acceptors (Lipinski definition) is 7. The smallest absolute Gasteiger partial charge is 0.264 e. The zero-order chi connectivity index (χ0) is 47.5. The van der Waals surface area contributed by atoms with Gasteiger partial charge >= 0.3 is 6.01 Å². The first-order chi connectivity index (χ1) is 34.9. The highest BCUT2D eigenvalue weighted by Gasteiger charge is 2.58. The van der Waals surface area contributed by atoms with E-state index in [1.807, 2.05) is 86.0 Å². The van der Waals surface area contributed by atoms with Crippen molar-refractivity contribution < 1.29 is 9.15 Å². The number of benzene rings is 3. The third-order valence-corrected chi connectivity index (χ3v) is 15.6. The molecule has 0 saturated carbocycles. The van der Waals surface area contributed by atoms with Crippen molar-refractivity contribution in [3.8, 4) is 44.5 Å². The van der Waals surface area contributed by atoms with Crippen LogP contribution >= 0.6 is 0 Å². The lowest BCUT2D eigenvalue weighted by molar-refractivity contribution is -0.533. The van der Waals surface area contributed by atoms with Crippen LogP contribution in [0.2, 0.25) is 0 Å². The molecule has 10 aromatic rings. The molecule has 0 unspecified atom stereocenters. The lowest BCUT2D eigenvalue weighted by atomic mass is 9.64. The van der Waals surface area contributed by atoms with Gasteiger partial charge in [0.25, 0.3) is 5.54 Å². The van der Waals surface area contributed by atoms with Crippen molar-refractivity contribution >= 4 is 6.01 Å². The molecule has 0 atom stereocenters. The molecule has 8 heterocycles. The van der Waals surface area contributed by atoms with Gasteiger partial charge in [-0.05, 0) is 163 Å². The van der Waals surface area contributed by atoms with Gasteiger partial charge in [0.2, 0.25) is 12.4 Å². The summed E-state index contributed by atoms with van der Waals surface area (Å²) in [5, 5.41) is 0. The fourth-order valence-corrected chi connectivity index (χ4v) is 12.8. The Labute approximate surface area is 410 Å². The van der Waals surface area contributed by atoms with E-state index < -0.39 is 16.4 Å². The maximum absolute atomic E-state index is 5.37. The number of aryl methyl sites for hydroxylation is 2. The molecule has 0 spiro atoms. The fraction of sp³-hybridized carbons (Fsp3) is 0.0968. The zero-order valence-corrected chi connectivity index (χ0v) is 39.2.